The van der Waals surface area contributed by atoms with E-state index >= 15 is 0 Å². The van der Waals surface area contributed by atoms with Gasteiger partial charge in [-0.15, -0.1) is 0 Å². The molecule has 3 aromatic rings. The molecule has 4 rings (SSSR count). The number of hydrogen-bond acceptors (Lipinski definition) is 7. The third-order valence-electron chi connectivity index (χ3n) is 4.70. The summed E-state index contributed by atoms with van der Waals surface area (Å²) in [5, 5.41) is 12.4. The minimum atomic E-state index is -1.01. The normalized spacial score (nSPS) is 13.9. The number of hydrogen-bond donors (Lipinski definition) is 2. The number of anilines is 3. The van der Waals surface area contributed by atoms with Gasteiger partial charge in [0.05, 0.1) is 17.5 Å². The topological polar surface area (TPSA) is 112 Å². The van der Waals surface area contributed by atoms with Crippen molar-refractivity contribution >= 4 is 29.2 Å². The summed E-state index contributed by atoms with van der Waals surface area (Å²) in [4.78, 5) is 36.1. The van der Waals surface area contributed by atoms with E-state index in [1.165, 1.54) is 18.7 Å². The molecule has 0 radical (unpaired) electrons. The maximum absolute atomic E-state index is 12.4. The Morgan fingerprint density at radius 2 is 1.83 bits per heavy atom. The second-order valence-electron chi connectivity index (χ2n) is 6.49. The van der Waals surface area contributed by atoms with E-state index in [1.807, 2.05) is 0 Å². The lowest BCUT2D eigenvalue weighted by molar-refractivity contribution is 0.0694. The van der Waals surface area contributed by atoms with E-state index in [-0.39, 0.29) is 11.5 Å². The van der Waals surface area contributed by atoms with Gasteiger partial charge in [-0.05, 0) is 24.3 Å². The maximum atomic E-state index is 12.4. The number of nitrogens with zero attached hydrogens (tertiary/aromatic N) is 4. The van der Waals surface area contributed by atoms with Crippen molar-refractivity contribution in [3.8, 4) is 0 Å². The van der Waals surface area contributed by atoms with Gasteiger partial charge < -0.3 is 24.6 Å². The van der Waals surface area contributed by atoms with Crippen molar-refractivity contribution in [3.63, 3.8) is 0 Å². The summed E-state index contributed by atoms with van der Waals surface area (Å²) in [5.41, 5.74) is 0.622. The molecular weight excluding hydrogens is 374 g/mol. The van der Waals surface area contributed by atoms with Crippen molar-refractivity contribution in [2.45, 2.75) is 0 Å². The van der Waals surface area contributed by atoms with E-state index in [9.17, 15) is 14.7 Å². The Morgan fingerprint density at radius 1 is 1.03 bits per heavy atom. The number of benzene rings is 1. The van der Waals surface area contributed by atoms with Crippen LogP contribution in [0.1, 0.15) is 20.9 Å². The number of carboxylic acid groups (broad SMARTS) is 1. The lowest BCUT2D eigenvalue weighted by Crippen LogP contribution is -2.49. The smallest absolute Gasteiger partial charge is 0.337 e. The molecule has 1 amide bonds. The van der Waals surface area contributed by atoms with E-state index in [0.717, 1.165) is 0 Å². The highest BCUT2D eigenvalue weighted by Crippen LogP contribution is 2.22. The highest BCUT2D eigenvalue weighted by atomic mass is 16.4. The molecule has 29 heavy (non-hydrogen) atoms. The largest absolute Gasteiger partial charge is 0.478 e. The van der Waals surface area contributed by atoms with Gasteiger partial charge in [0.15, 0.2) is 5.76 Å². The predicted molar refractivity (Wildman–Crippen MR) is 106 cm³/mol. The van der Waals surface area contributed by atoms with Crippen LogP contribution in [0.2, 0.25) is 0 Å². The van der Waals surface area contributed by atoms with Crippen LogP contribution in [0.25, 0.3) is 0 Å². The van der Waals surface area contributed by atoms with Gasteiger partial charge in [0.1, 0.15) is 18.0 Å². The standard InChI is InChI=1S/C20H19N5O4/c26-19(16-6-3-11-29-16)25-9-7-24(8-10-25)18-12-17(21-13-22-18)23-15-5-2-1-4-14(15)20(27)28/h1-6,11-13H,7-10H2,(H,27,28)(H,21,22,23). The number of para-hydroxylation sites is 1. The van der Waals surface area contributed by atoms with E-state index in [1.54, 1.807) is 41.3 Å². The molecular formula is C20H19N5O4. The molecule has 1 aliphatic rings. The zero-order chi connectivity index (χ0) is 20.2. The Labute approximate surface area is 166 Å². The first-order valence-electron chi connectivity index (χ1n) is 9.11. The summed E-state index contributed by atoms with van der Waals surface area (Å²) in [5.74, 6) is 0.409. The summed E-state index contributed by atoms with van der Waals surface area (Å²) in [6, 6.07) is 11.8. The summed E-state index contributed by atoms with van der Waals surface area (Å²) < 4.78 is 5.18. The van der Waals surface area contributed by atoms with Gasteiger partial charge in [0.25, 0.3) is 5.91 Å². The van der Waals surface area contributed by atoms with Crippen LogP contribution in [0.5, 0.6) is 0 Å². The summed E-state index contributed by atoms with van der Waals surface area (Å²) in [7, 11) is 0. The van der Waals surface area contributed by atoms with Crippen molar-refractivity contribution in [3.05, 3.63) is 66.4 Å². The van der Waals surface area contributed by atoms with Crippen LogP contribution >= 0.6 is 0 Å². The minimum Gasteiger partial charge on any atom is -0.478 e. The van der Waals surface area contributed by atoms with Gasteiger partial charge in [-0.3, -0.25) is 4.79 Å². The highest BCUT2D eigenvalue weighted by Gasteiger charge is 2.24. The van der Waals surface area contributed by atoms with Crippen molar-refractivity contribution < 1.29 is 19.1 Å². The fourth-order valence-corrected chi connectivity index (χ4v) is 3.20. The molecule has 0 unspecified atom stereocenters. The molecule has 1 aromatic carbocycles. The lowest BCUT2D eigenvalue weighted by atomic mass is 10.2. The number of nitrogens with one attached hydrogen (secondary N) is 1. The van der Waals surface area contributed by atoms with Gasteiger partial charge in [0.2, 0.25) is 0 Å². The van der Waals surface area contributed by atoms with Crippen LogP contribution in [-0.4, -0.2) is 58.0 Å². The number of carbonyl (C=O) groups excluding carboxylic acids is 1. The lowest BCUT2D eigenvalue weighted by Gasteiger charge is -2.35. The highest BCUT2D eigenvalue weighted by molar-refractivity contribution is 5.95. The number of aromatic carboxylic acids is 1. The fourth-order valence-electron chi connectivity index (χ4n) is 3.20. The minimum absolute atomic E-state index is 0.120. The maximum Gasteiger partial charge on any atom is 0.337 e. The van der Waals surface area contributed by atoms with E-state index in [2.05, 4.69) is 20.2 Å². The number of amides is 1. The zero-order valence-corrected chi connectivity index (χ0v) is 15.5. The van der Waals surface area contributed by atoms with Crippen LogP contribution in [0, 0.1) is 0 Å². The van der Waals surface area contributed by atoms with Crippen LogP contribution < -0.4 is 10.2 Å². The molecule has 0 saturated carbocycles. The quantitative estimate of drug-likeness (QED) is 0.680. The summed E-state index contributed by atoms with van der Waals surface area (Å²) in [6.07, 6.45) is 2.92. The third-order valence-corrected chi connectivity index (χ3v) is 4.70. The molecule has 0 spiro atoms. The third kappa shape index (κ3) is 4.03. The number of aromatic nitrogens is 2. The first-order valence-corrected chi connectivity index (χ1v) is 9.11. The van der Waals surface area contributed by atoms with Gasteiger partial charge in [0, 0.05) is 32.2 Å². The van der Waals surface area contributed by atoms with Crippen LogP contribution in [-0.2, 0) is 0 Å². The van der Waals surface area contributed by atoms with Crippen molar-refractivity contribution in [1.29, 1.82) is 0 Å². The van der Waals surface area contributed by atoms with Crippen molar-refractivity contribution in [2.75, 3.05) is 36.4 Å². The number of furan rings is 1. The van der Waals surface area contributed by atoms with E-state index in [0.29, 0.717) is 49.3 Å². The number of carbonyl (C=O) groups is 2. The van der Waals surface area contributed by atoms with Gasteiger partial charge in [-0.25, -0.2) is 14.8 Å². The average molecular weight is 393 g/mol. The summed E-state index contributed by atoms with van der Waals surface area (Å²) in [6.45, 7) is 2.34. The second kappa shape index (κ2) is 8.01. The van der Waals surface area contributed by atoms with E-state index < -0.39 is 5.97 Å². The van der Waals surface area contributed by atoms with Gasteiger partial charge in [-0.1, -0.05) is 12.1 Å². The Hall–Kier alpha value is -3.88. The van der Waals surface area contributed by atoms with Crippen LogP contribution in [0.3, 0.4) is 0 Å². The van der Waals surface area contributed by atoms with Crippen LogP contribution in [0.4, 0.5) is 17.3 Å². The molecule has 9 nitrogen and oxygen atoms in total. The predicted octanol–water partition coefficient (Wildman–Crippen LogP) is 2.47. The second-order valence-corrected chi connectivity index (χ2v) is 6.49. The first-order chi connectivity index (χ1) is 14.1. The number of rotatable bonds is 5. The molecule has 0 aliphatic carbocycles. The molecule has 2 N–H and O–H groups in total. The Morgan fingerprint density at radius 3 is 2.55 bits per heavy atom. The molecule has 148 valence electrons. The van der Waals surface area contributed by atoms with Gasteiger partial charge >= 0.3 is 5.97 Å². The monoisotopic (exact) mass is 393 g/mol. The van der Waals surface area contributed by atoms with Crippen LogP contribution in [0.15, 0.2) is 59.5 Å². The Kier molecular flexibility index (Phi) is 5.10. The zero-order valence-electron chi connectivity index (χ0n) is 15.5. The molecule has 3 heterocycles. The van der Waals surface area contributed by atoms with Crippen molar-refractivity contribution in [1.82, 2.24) is 14.9 Å². The number of piperazine rings is 1. The molecule has 1 fully saturated rings. The molecule has 2 aromatic heterocycles. The number of carboxylic acids is 1. The molecule has 0 bridgehead atoms. The molecule has 1 saturated heterocycles. The first kappa shape index (κ1) is 18.5. The SMILES string of the molecule is O=C(O)c1ccccc1Nc1cc(N2CCN(C(=O)c3ccco3)CC2)ncn1. The summed E-state index contributed by atoms with van der Waals surface area (Å²) >= 11 is 0. The van der Waals surface area contributed by atoms with E-state index in [4.69, 9.17) is 4.42 Å². The molecule has 0 atom stereocenters. The molecule has 9 heteroatoms. The van der Waals surface area contributed by atoms with Crippen molar-refractivity contribution in [2.24, 2.45) is 0 Å². The van der Waals surface area contributed by atoms with Gasteiger partial charge in [-0.2, -0.15) is 0 Å². The average Bonchev–Trinajstić information content (AvgIpc) is 3.29. The molecule has 1 aliphatic heterocycles. The Balaban J connectivity index is 1.44. The Bertz CT molecular complexity index is 1010. The fraction of sp³-hybridized carbons (Fsp3) is 0.200.